The molecule has 3 rings (SSSR count). The van der Waals surface area contributed by atoms with E-state index in [9.17, 15) is 14.0 Å². The average molecular weight is 293 g/mol. The molecule has 0 bridgehead atoms. The SMILES string of the molecule is O=C1CCC(C(=O)N2CCC(Oc3cccc(F)n3)C2)N1. The molecule has 0 aromatic carbocycles. The normalized spacial score (nSPS) is 25.0. The molecule has 0 aliphatic carbocycles. The molecule has 2 amide bonds. The summed E-state index contributed by atoms with van der Waals surface area (Å²) in [7, 11) is 0. The molecule has 6 nitrogen and oxygen atoms in total. The number of carbonyl (C=O) groups is 2. The van der Waals surface area contributed by atoms with Gasteiger partial charge >= 0.3 is 0 Å². The zero-order chi connectivity index (χ0) is 14.8. The fraction of sp³-hybridized carbons (Fsp3) is 0.500. The third-order valence-corrected chi connectivity index (χ3v) is 3.73. The molecule has 2 saturated heterocycles. The zero-order valence-electron chi connectivity index (χ0n) is 11.4. The van der Waals surface area contributed by atoms with Crippen molar-refractivity contribution in [3.05, 3.63) is 24.1 Å². The van der Waals surface area contributed by atoms with Gasteiger partial charge in [0.05, 0.1) is 6.54 Å². The molecular weight excluding hydrogens is 277 g/mol. The predicted octanol–water partition coefficient (Wildman–Crippen LogP) is 0.479. The van der Waals surface area contributed by atoms with Gasteiger partial charge in [0.25, 0.3) is 0 Å². The maximum absolute atomic E-state index is 13.0. The smallest absolute Gasteiger partial charge is 0.245 e. The van der Waals surface area contributed by atoms with Gasteiger partial charge < -0.3 is 15.0 Å². The van der Waals surface area contributed by atoms with Gasteiger partial charge in [-0.2, -0.15) is 9.37 Å². The molecular formula is C14H16FN3O3. The number of ether oxygens (including phenoxy) is 1. The van der Waals surface area contributed by atoms with Gasteiger partial charge in [-0.1, -0.05) is 6.07 Å². The molecule has 21 heavy (non-hydrogen) atoms. The van der Waals surface area contributed by atoms with Crippen LogP contribution in [0.4, 0.5) is 4.39 Å². The van der Waals surface area contributed by atoms with Gasteiger partial charge in [0.15, 0.2) is 0 Å². The van der Waals surface area contributed by atoms with Crippen LogP contribution in [0.5, 0.6) is 5.88 Å². The Bertz CT molecular complexity index is 566. The Kier molecular flexibility index (Phi) is 3.72. The minimum Gasteiger partial charge on any atom is -0.472 e. The van der Waals surface area contributed by atoms with Gasteiger partial charge in [-0.15, -0.1) is 0 Å². The molecule has 0 spiro atoms. The summed E-state index contributed by atoms with van der Waals surface area (Å²) < 4.78 is 18.6. The number of rotatable bonds is 3. The number of pyridine rings is 1. The number of amides is 2. The van der Waals surface area contributed by atoms with Crippen LogP contribution in [0.2, 0.25) is 0 Å². The van der Waals surface area contributed by atoms with E-state index in [0.717, 1.165) is 0 Å². The van der Waals surface area contributed by atoms with Crippen LogP contribution in [-0.2, 0) is 9.59 Å². The van der Waals surface area contributed by atoms with E-state index in [-0.39, 0.29) is 23.8 Å². The Hall–Kier alpha value is -2.18. The van der Waals surface area contributed by atoms with Crippen LogP contribution in [-0.4, -0.2) is 46.9 Å². The van der Waals surface area contributed by atoms with Crippen LogP contribution in [0.25, 0.3) is 0 Å². The summed E-state index contributed by atoms with van der Waals surface area (Å²) in [6, 6.07) is 3.96. The van der Waals surface area contributed by atoms with Gasteiger partial charge in [-0.05, 0) is 12.5 Å². The highest BCUT2D eigenvalue weighted by molar-refractivity contribution is 5.90. The molecule has 2 atom stereocenters. The van der Waals surface area contributed by atoms with Crippen LogP contribution >= 0.6 is 0 Å². The summed E-state index contributed by atoms with van der Waals surface area (Å²) in [5, 5.41) is 2.67. The van der Waals surface area contributed by atoms with Gasteiger partial charge in [0.1, 0.15) is 12.1 Å². The van der Waals surface area contributed by atoms with Crippen molar-refractivity contribution < 1.29 is 18.7 Å². The van der Waals surface area contributed by atoms with Gasteiger partial charge in [0.2, 0.25) is 23.6 Å². The molecule has 2 aliphatic rings. The monoisotopic (exact) mass is 293 g/mol. The summed E-state index contributed by atoms with van der Waals surface area (Å²) >= 11 is 0. The summed E-state index contributed by atoms with van der Waals surface area (Å²) in [5.41, 5.74) is 0. The maximum atomic E-state index is 13.0. The molecule has 3 heterocycles. The van der Waals surface area contributed by atoms with E-state index in [2.05, 4.69) is 10.3 Å². The van der Waals surface area contributed by atoms with Gasteiger partial charge in [-0.3, -0.25) is 9.59 Å². The first kappa shape index (κ1) is 13.8. The molecule has 0 radical (unpaired) electrons. The first-order valence-electron chi connectivity index (χ1n) is 6.99. The van der Waals surface area contributed by atoms with Crippen molar-refractivity contribution >= 4 is 11.8 Å². The molecule has 7 heteroatoms. The molecule has 2 aliphatic heterocycles. The third-order valence-electron chi connectivity index (χ3n) is 3.73. The number of hydrogen-bond acceptors (Lipinski definition) is 4. The highest BCUT2D eigenvalue weighted by Crippen LogP contribution is 2.19. The summed E-state index contributed by atoms with van der Waals surface area (Å²) in [6.45, 7) is 1.01. The van der Waals surface area contributed by atoms with Crippen molar-refractivity contribution in [1.29, 1.82) is 0 Å². The largest absolute Gasteiger partial charge is 0.472 e. The Labute approximate surface area is 121 Å². The number of aromatic nitrogens is 1. The van der Waals surface area contributed by atoms with Gasteiger partial charge in [-0.25, -0.2) is 0 Å². The van der Waals surface area contributed by atoms with Crippen molar-refractivity contribution in [3.8, 4) is 5.88 Å². The van der Waals surface area contributed by atoms with Crippen molar-refractivity contribution in [1.82, 2.24) is 15.2 Å². The van der Waals surface area contributed by atoms with E-state index in [1.165, 1.54) is 12.1 Å². The quantitative estimate of drug-likeness (QED) is 0.823. The zero-order valence-corrected chi connectivity index (χ0v) is 11.4. The third kappa shape index (κ3) is 3.12. The molecule has 0 saturated carbocycles. The molecule has 1 N–H and O–H groups in total. The van der Waals surface area contributed by atoms with Gasteiger partial charge in [0, 0.05) is 25.5 Å². The number of nitrogens with zero attached hydrogens (tertiary/aromatic N) is 2. The van der Waals surface area contributed by atoms with Crippen molar-refractivity contribution in [2.24, 2.45) is 0 Å². The number of hydrogen-bond donors (Lipinski definition) is 1. The maximum Gasteiger partial charge on any atom is 0.245 e. The van der Waals surface area contributed by atoms with Crippen LogP contribution < -0.4 is 10.1 Å². The van der Waals surface area contributed by atoms with Crippen molar-refractivity contribution in [3.63, 3.8) is 0 Å². The standard InChI is InChI=1S/C14H16FN3O3/c15-11-2-1-3-13(17-11)21-9-6-7-18(8-9)14(20)10-4-5-12(19)16-10/h1-3,9-10H,4-8H2,(H,16,19). The van der Waals surface area contributed by atoms with Crippen LogP contribution in [0.3, 0.4) is 0 Å². The summed E-state index contributed by atoms with van der Waals surface area (Å²) in [4.78, 5) is 28.7. The Morgan fingerprint density at radius 2 is 2.29 bits per heavy atom. The van der Waals surface area contributed by atoms with E-state index >= 15 is 0 Å². The Balaban J connectivity index is 1.55. The summed E-state index contributed by atoms with van der Waals surface area (Å²) in [5.74, 6) is -0.515. The number of likely N-dealkylation sites (tertiary alicyclic amines) is 1. The molecule has 1 aromatic heterocycles. The Morgan fingerprint density at radius 1 is 1.43 bits per heavy atom. The lowest BCUT2D eigenvalue weighted by molar-refractivity contribution is -0.133. The fourth-order valence-electron chi connectivity index (χ4n) is 2.67. The minimum atomic E-state index is -0.591. The van der Waals surface area contributed by atoms with Crippen molar-refractivity contribution in [2.75, 3.05) is 13.1 Å². The number of halogens is 1. The highest BCUT2D eigenvalue weighted by atomic mass is 19.1. The van der Waals surface area contributed by atoms with Crippen molar-refractivity contribution in [2.45, 2.75) is 31.4 Å². The lowest BCUT2D eigenvalue weighted by atomic mass is 10.2. The fourth-order valence-corrected chi connectivity index (χ4v) is 2.67. The number of carbonyl (C=O) groups excluding carboxylic acids is 2. The second-order valence-corrected chi connectivity index (χ2v) is 5.27. The van der Waals surface area contributed by atoms with E-state index < -0.39 is 12.0 Å². The van der Waals surface area contributed by atoms with E-state index in [1.807, 2.05) is 0 Å². The second-order valence-electron chi connectivity index (χ2n) is 5.27. The predicted molar refractivity (Wildman–Crippen MR) is 71.0 cm³/mol. The number of nitrogens with one attached hydrogen (secondary N) is 1. The first-order valence-corrected chi connectivity index (χ1v) is 6.99. The minimum absolute atomic E-state index is 0.0702. The topological polar surface area (TPSA) is 71.5 Å². The molecule has 2 unspecified atom stereocenters. The molecule has 112 valence electrons. The highest BCUT2D eigenvalue weighted by Gasteiger charge is 2.35. The Morgan fingerprint density at radius 3 is 3.00 bits per heavy atom. The van der Waals surface area contributed by atoms with Crippen LogP contribution in [0, 0.1) is 5.95 Å². The first-order chi connectivity index (χ1) is 10.1. The van der Waals surface area contributed by atoms with E-state index in [1.54, 1.807) is 11.0 Å². The summed E-state index contributed by atoms with van der Waals surface area (Å²) in [6.07, 6.45) is 1.42. The molecule has 1 aromatic rings. The average Bonchev–Trinajstić information content (AvgIpc) is 3.07. The lowest BCUT2D eigenvalue weighted by Gasteiger charge is -2.20. The van der Waals surface area contributed by atoms with E-state index in [4.69, 9.17) is 4.74 Å². The second kappa shape index (κ2) is 5.67. The molecule has 2 fully saturated rings. The lowest BCUT2D eigenvalue weighted by Crippen LogP contribution is -2.44. The van der Waals surface area contributed by atoms with Crippen LogP contribution in [0.1, 0.15) is 19.3 Å². The van der Waals surface area contributed by atoms with E-state index in [0.29, 0.717) is 32.4 Å². The van der Waals surface area contributed by atoms with Crippen LogP contribution in [0.15, 0.2) is 18.2 Å².